The Morgan fingerprint density at radius 2 is 2.00 bits per heavy atom. The molecule has 0 saturated carbocycles. The second-order valence-electron chi connectivity index (χ2n) is 4.55. The molecular weight excluding hydrogens is 243 g/mol. The van der Waals surface area contributed by atoms with Crippen LogP contribution in [0.15, 0.2) is 18.2 Å². The van der Waals surface area contributed by atoms with Gasteiger partial charge in [0.2, 0.25) is 0 Å². The first-order chi connectivity index (χ1) is 6.44. The van der Waals surface area contributed by atoms with Crippen LogP contribution in [0.5, 0.6) is 0 Å². The number of halogens is 2. The largest absolute Gasteiger partial charge is 0.207 e. The van der Waals surface area contributed by atoms with E-state index in [1.54, 1.807) is 6.07 Å². The van der Waals surface area contributed by atoms with E-state index in [4.69, 9.17) is 0 Å². The van der Waals surface area contributed by atoms with Crippen LogP contribution in [0.2, 0.25) is 0 Å². The van der Waals surface area contributed by atoms with Crippen LogP contribution in [0.1, 0.15) is 25.0 Å². The maximum absolute atomic E-state index is 13.0. The Kier molecular flexibility index (Phi) is 3.71. The maximum atomic E-state index is 13.0. The van der Waals surface area contributed by atoms with E-state index in [2.05, 4.69) is 29.8 Å². The van der Waals surface area contributed by atoms with Gasteiger partial charge in [0.1, 0.15) is 5.82 Å². The van der Waals surface area contributed by atoms with Crippen molar-refractivity contribution in [1.82, 2.24) is 0 Å². The van der Waals surface area contributed by atoms with Gasteiger partial charge in [-0.05, 0) is 42.0 Å². The molecule has 0 saturated heterocycles. The molecule has 0 heterocycles. The zero-order valence-electron chi connectivity index (χ0n) is 8.90. The van der Waals surface area contributed by atoms with Crippen LogP contribution in [0.4, 0.5) is 4.39 Å². The molecule has 0 atom stereocenters. The second-order valence-corrected chi connectivity index (χ2v) is 5.11. The number of rotatable bonds is 3. The summed E-state index contributed by atoms with van der Waals surface area (Å²) in [4.78, 5) is 0. The van der Waals surface area contributed by atoms with Crippen LogP contribution in [-0.2, 0) is 6.42 Å². The Labute approximate surface area is 93.7 Å². The highest BCUT2D eigenvalue weighted by molar-refractivity contribution is 9.09. The lowest BCUT2D eigenvalue weighted by molar-refractivity contribution is 0.423. The molecule has 0 aliphatic rings. The average molecular weight is 259 g/mol. The van der Waals surface area contributed by atoms with Gasteiger partial charge >= 0.3 is 0 Å². The SMILES string of the molecule is Cc1ccc(F)cc1CC(C)(C)CBr. The van der Waals surface area contributed by atoms with Crippen LogP contribution < -0.4 is 0 Å². The molecule has 1 rings (SSSR count). The van der Waals surface area contributed by atoms with Crippen LogP contribution in [0, 0.1) is 18.2 Å². The summed E-state index contributed by atoms with van der Waals surface area (Å²) in [6, 6.07) is 4.99. The third kappa shape index (κ3) is 3.09. The van der Waals surface area contributed by atoms with Gasteiger partial charge < -0.3 is 0 Å². The number of hydrogen-bond acceptors (Lipinski definition) is 0. The summed E-state index contributed by atoms with van der Waals surface area (Å²) in [6.45, 7) is 6.37. The Morgan fingerprint density at radius 3 is 2.57 bits per heavy atom. The molecule has 0 fully saturated rings. The van der Waals surface area contributed by atoms with Crippen LogP contribution in [-0.4, -0.2) is 5.33 Å². The van der Waals surface area contributed by atoms with Crippen molar-refractivity contribution in [2.45, 2.75) is 27.2 Å². The standard InChI is InChI=1S/C12H16BrF/c1-9-4-5-11(14)6-10(9)7-12(2,3)8-13/h4-6H,7-8H2,1-3H3. The van der Waals surface area contributed by atoms with E-state index in [0.717, 1.165) is 17.3 Å². The van der Waals surface area contributed by atoms with Gasteiger partial charge in [-0.15, -0.1) is 0 Å². The molecule has 1 aromatic carbocycles. The predicted molar refractivity (Wildman–Crippen MR) is 62.4 cm³/mol. The van der Waals surface area contributed by atoms with Gasteiger partial charge in [-0.25, -0.2) is 4.39 Å². The number of alkyl halides is 1. The maximum Gasteiger partial charge on any atom is 0.123 e. The Bertz CT molecular complexity index is 318. The van der Waals surface area contributed by atoms with Crippen molar-refractivity contribution in [2.75, 3.05) is 5.33 Å². The van der Waals surface area contributed by atoms with Gasteiger partial charge in [-0.3, -0.25) is 0 Å². The summed E-state index contributed by atoms with van der Waals surface area (Å²) in [5.74, 6) is -0.143. The molecule has 2 heteroatoms. The zero-order chi connectivity index (χ0) is 10.8. The smallest absolute Gasteiger partial charge is 0.123 e. The topological polar surface area (TPSA) is 0 Å². The predicted octanol–water partition coefficient (Wildman–Crippen LogP) is 4.10. The zero-order valence-corrected chi connectivity index (χ0v) is 10.5. The molecule has 0 aliphatic carbocycles. The Balaban J connectivity index is 2.91. The van der Waals surface area contributed by atoms with Gasteiger partial charge in [0.15, 0.2) is 0 Å². The summed E-state index contributed by atoms with van der Waals surface area (Å²) in [5, 5.41) is 0.927. The highest BCUT2D eigenvalue weighted by Crippen LogP contribution is 2.26. The van der Waals surface area contributed by atoms with E-state index >= 15 is 0 Å². The summed E-state index contributed by atoms with van der Waals surface area (Å²) in [6.07, 6.45) is 0.905. The van der Waals surface area contributed by atoms with Crippen molar-refractivity contribution in [1.29, 1.82) is 0 Å². The van der Waals surface area contributed by atoms with Crippen LogP contribution in [0.25, 0.3) is 0 Å². The molecule has 0 aromatic heterocycles. The molecule has 0 amide bonds. The van der Waals surface area contributed by atoms with Crippen molar-refractivity contribution in [3.63, 3.8) is 0 Å². The summed E-state index contributed by atoms with van der Waals surface area (Å²) < 4.78 is 13.0. The van der Waals surface area contributed by atoms with Gasteiger partial charge in [-0.1, -0.05) is 35.8 Å². The molecule has 78 valence electrons. The number of benzene rings is 1. The lowest BCUT2D eigenvalue weighted by Crippen LogP contribution is -2.17. The van der Waals surface area contributed by atoms with Crippen molar-refractivity contribution in [3.05, 3.63) is 35.1 Å². The van der Waals surface area contributed by atoms with Gasteiger partial charge in [-0.2, -0.15) is 0 Å². The fourth-order valence-electron chi connectivity index (χ4n) is 1.39. The minimum atomic E-state index is -0.143. The van der Waals surface area contributed by atoms with Gasteiger partial charge in [0.25, 0.3) is 0 Å². The quantitative estimate of drug-likeness (QED) is 0.717. The highest BCUT2D eigenvalue weighted by Gasteiger charge is 2.17. The number of hydrogen-bond donors (Lipinski definition) is 0. The molecule has 0 aliphatic heterocycles. The first kappa shape index (κ1) is 11.7. The van der Waals surface area contributed by atoms with E-state index in [9.17, 15) is 4.39 Å². The first-order valence-electron chi connectivity index (χ1n) is 4.75. The molecule has 0 nitrogen and oxygen atoms in total. The molecule has 0 unspecified atom stereocenters. The molecule has 0 radical (unpaired) electrons. The summed E-state index contributed by atoms with van der Waals surface area (Å²) >= 11 is 3.48. The number of aryl methyl sites for hydroxylation is 1. The fraction of sp³-hybridized carbons (Fsp3) is 0.500. The minimum absolute atomic E-state index is 0.143. The normalized spacial score (nSPS) is 11.8. The van der Waals surface area contributed by atoms with E-state index < -0.39 is 0 Å². The lowest BCUT2D eigenvalue weighted by atomic mass is 9.86. The molecule has 1 aromatic rings. The third-order valence-electron chi connectivity index (χ3n) is 2.34. The van der Waals surface area contributed by atoms with Crippen molar-refractivity contribution in [2.24, 2.45) is 5.41 Å². The molecule has 0 spiro atoms. The van der Waals surface area contributed by atoms with Gasteiger partial charge in [0.05, 0.1) is 0 Å². The second kappa shape index (κ2) is 4.43. The van der Waals surface area contributed by atoms with E-state index in [0.29, 0.717) is 0 Å². The summed E-state index contributed by atoms with van der Waals surface area (Å²) in [5.41, 5.74) is 2.45. The summed E-state index contributed by atoms with van der Waals surface area (Å²) in [7, 11) is 0. The van der Waals surface area contributed by atoms with Crippen LogP contribution >= 0.6 is 15.9 Å². The lowest BCUT2D eigenvalue weighted by Gasteiger charge is -2.22. The minimum Gasteiger partial charge on any atom is -0.207 e. The van der Waals surface area contributed by atoms with Crippen LogP contribution in [0.3, 0.4) is 0 Å². The van der Waals surface area contributed by atoms with E-state index in [1.165, 1.54) is 11.6 Å². The van der Waals surface area contributed by atoms with Gasteiger partial charge in [0, 0.05) is 5.33 Å². The van der Waals surface area contributed by atoms with E-state index in [1.807, 2.05) is 13.0 Å². The first-order valence-corrected chi connectivity index (χ1v) is 5.88. The van der Waals surface area contributed by atoms with Crippen molar-refractivity contribution < 1.29 is 4.39 Å². The monoisotopic (exact) mass is 258 g/mol. The van der Waals surface area contributed by atoms with E-state index in [-0.39, 0.29) is 11.2 Å². The van der Waals surface area contributed by atoms with Crippen molar-refractivity contribution >= 4 is 15.9 Å². The Morgan fingerprint density at radius 1 is 1.36 bits per heavy atom. The third-order valence-corrected chi connectivity index (χ3v) is 3.86. The molecule has 0 N–H and O–H groups in total. The molecule has 0 bridgehead atoms. The highest BCUT2D eigenvalue weighted by atomic mass is 79.9. The average Bonchev–Trinajstić information content (AvgIpc) is 2.11. The van der Waals surface area contributed by atoms with Crippen molar-refractivity contribution in [3.8, 4) is 0 Å². The molecule has 14 heavy (non-hydrogen) atoms. The fourth-order valence-corrected chi connectivity index (χ4v) is 1.59. The molecular formula is C12H16BrF. The Hall–Kier alpha value is -0.370.